The van der Waals surface area contributed by atoms with Gasteiger partial charge in [0.1, 0.15) is 11.5 Å². The van der Waals surface area contributed by atoms with Crippen molar-refractivity contribution in [2.24, 2.45) is 0 Å². The summed E-state index contributed by atoms with van der Waals surface area (Å²) in [6, 6.07) is 5.19. The maximum atomic E-state index is 11.7. The molecule has 6 heteroatoms. The van der Waals surface area contributed by atoms with E-state index in [0.29, 0.717) is 24.6 Å². The predicted molar refractivity (Wildman–Crippen MR) is 69.5 cm³/mol. The third kappa shape index (κ3) is 2.58. The van der Waals surface area contributed by atoms with Crippen LogP contribution in [0.2, 0.25) is 0 Å². The first kappa shape index (κ1) is 13.5. The molecule has 0 aliphatic carbocycles. The van der Waals surface area contributed by atoms with Crippen molar-refractivity contribution >= 4 is 6.03 Å². The lowest BCUT2D eigenvalue weighted by atomic mass is 10.0. The molecule has 0 aromatic heterocycles. The van der Waals surface area contributed by atoms with E-state index in [2.05, 4.69) is 5.32 Å². The number of rotatable bonds is 5. The number of nitrogens with zero attached hydrogens (tertiary/aromatic N) is 1. The van der Waals surface area contributed by atoms with Crippen LogP contribution in [-0.2, 0) is 0 Å². The largest absolute Gasteiger partial charge is 0.497 e. The maximum absolute atomic E-state index is 11.7. The third-order valence-electron chi connectivity index (χ3n) is 3.22. The van der Waals surface area contributed by atoms with Crippen molar-refractivity contribution in [3.63, 3.8) is 0 Å². The summed E-state index contributed by atoms with van der Waals surface area (Å²) < 4.78 is 10.5. The highest BCUT2D eigenvalue weighted by atomic mass is 16.5. The molecule has 0 radical (unpaired) electrons. The van der Waals surface area contributed by atoms with Gasteiger partial charge in [-0.15, -0.1) is 0 Å². The number of nitrogens with one attached hydrogen (secondary N) is 1. The summed E-state index contributed by atoms with van der Waals surface area (Å²) in [5.74, 6) is 1.37. The molecule has 2 rings (SSSR count). The van der Waals surface area contributed by atoms with Crippen molar-refractivity contribution < 1.29 is 19.4 Å². The van der Waals surface area contributed by atoms with Gasteiger partial charge in [0.05, 0.1) is 26.9 Å². The molecule has 1 unspecified atom stereocenters. The van der Waals surface area contributed by atoms with Crippen molar-refractivity contribution in [2.75, 3.05) is 33.9 Å². The average Bonchev–Trinajstić information content (AvgIpc) is 2.80. The molecular formula is C13H18N2O4. The van der Waals surface area contributed by atoms with Gasteiger partial charge in [0, 0.05) is 24.7 Å². The first-order valence-corrected chi connectivity index (χ1v) is 6.08. The molecule has 1 saturated heterocycles. The lowest BCUT2D eigenvalue weighted by Gasteiger charge is -2.24. The first-order chi connectivity index (χ1) is 9.21. The van der Waals surface area contributed by atoms with E-state index in [4.69, 9.17) is 14.6 Å². The summed E-state index contributed by atoms with van der Waals surface area (Å²) >= 11 is 0. The number of carbonyl (C=O) groups is 1. The topological polar surface area (TPSA) is 71.0 Å². The number of aliphatic hydroxyl groups excluding tert-OH is 1. The number of β-amino-alcohol motifs (C(OH)–C–C–N with tert-alkyl or cyclic N) is 1. The van der Waals surface area contributed by atoms with E-state index in [0.717, 1.165) is 5.56 Å². The third-order valence-corrected chi connectivity index (χ3v) is 3.22. The Morgan fingerprint density at radius 2 is 2.21 bits per heavy atom. The van der Waals surface area contributed by atoms with Crippen molar-refractivity contribution in [3.8, 4) is 11.5 Å². The van der Waals surface area contributed by atoms with Gasteiger partial charge < -0.3 is 24.8 Å². The second kappa shape index (κ2) is 5.79. The lowest BCUT2D eigenvalue weighted by Crippen LogP contribution is -2.32. The molecule has 1 aromatic carbocycles. The van der Waals surface area contributed by atoms with Gasteiger partial charge in [-0.25, -0.2) is 4.79 Å². The van der Waals surface area contributed by atoms with Gasteiger partial charge in [-0.1, -0.05) is 0 Å². The zero-order valence-corrected chi connectivity index (χ0v) is 11.0. The smallest absolute Gasteiger partial charge is 0.318 e. The van der Waals surface area contributed by atoms with E-state index >= 15 is 0 Å². The Kier molecular flexibility index (Phi) is 4.11. The van der Waals surface area contributed by atoms with Gasteiger partial charge >= 0.3 is 6.03 Å². The summed E-state index contributed by atoms with van der Waals surface area (Å²) in [7, 11) is 3.17. The minimum Gasteiger partial charge on any atom is -0.497 e. The molecule has 0 bridgehead atoms. The van der Waals surface area contributed by atoms with Crippen LogP contribution in [0, 0.1) is 0 Å². The number of ether oxygens (including phenoxy) is 2. The van der Waals surface area contributed by atoms with Crippen LogP contribution in [0.25, 0.3) is 0 Å². The molecule has 6 nitrogen and oxygen atoms in total. The monoisotopic (exact) mass is 266 g/mol. The van der Waals surface area contributed by atoms with Crippen LogP contribution in [0.15, 0.2) is 18.2 Å². The van der Waals surface area contributed by atoms with Gasteiger partial charge in [-0.2, -0.15) is 0 Å². The fraction of sp³-hybridized carbons (Fsp3) is 0.462. The molecule has 1 aromatic rings. The maximum Gasteiger partial charge on any atom is 0.318 e. The van der Waals surface area contributed by atoms with Crippen molar-refractivity contribution in [1.29, 1.82) is 0 Å². The molecule has 2 amide bonds. The predicted octanol–water partition coefficient (Wildman–Crippen LogP) is 0.762. The summed E-state index contributed by atoms with van der Waals surface area (Å²) in [4.78, 5) is 13.3. The molecule has 1 atom stereocenters. The molecule has 1 heterocycles. The zero-order valence-electron chi connectivity index (χ0n) is 11.0. The average molecular weight is 266 g/mol. The minimum atomic E-state index is -0.170. The van der Waals surface area contributed by atoms with Gasteiger partial charge in [-0.05, 0) is 12.1 Å². The van der Waals surface area contributed by atoms with Crippen LogP contribution in [0.1, 0.15) is 11.6 Å². The Morgan fingerprint density at radius 3 is 2.84 bits per heavy atom. The van der Waals surface area contributed by atoms with Crippen LogP contribution in [-0.4, -0.2) is 50.0 Å². The van der Waals surface area contributed by atoms with E-state index in [1.807, 2.05) is 12.1 Å². The highest BCUT2D eigenvalue weighted by Gasteiger charge is 2.33. The molecule has 2 N–H and O–H groups in total. The van der Waals surface area contributed by atoms with Crippen molar-refractivity contribution in [1.82, 2.24) is 10.2 Å². The van der Waals surface area contributed by atoms with Gasteiger partial charge in [0.25, 0.3) is 0 Å². The second-order valence-electron chi connectivity index (χ2n) is 4.23. The number of aliphatic hydroxyl groups is 1. The number of hydrogen-bond donors (Lipinski definition) is 2. The Labute approximate surface area is 111 Å². The highest BCUT2D eigenvalue weighted by molar-refractivity contribution is 5.77. The van der Waals surface area contributed by atoms with E-state index in [1.165, 1.54) is 0 Å². The van der Waals surface area contributed by atoms with Gasteiger partial charge in [0.15, 0.2) is 0 Å². The Morgan fingerprint density at radius 1 is 1.42 bits per heavy atom. The van der Waals surface area contributed by atoms with Crippen LogP contribution < -0.4 is 14.8 Å². The molecule has 104 valence electrons. The Hall–Kier alpha value is -1.95. The number of hydrogen-bond acceptors (Lipinski definition) is 4. The van der Waals surface area contributed by atoms with Crippen molar-refractivity contribution in [3.05, 3.63) is 23.8 Å². The van der Waals surface area contributed by atoms with Crippen molar-refractivity contribution in [2.45, 2.75) is 6.04 Å². The standard InChI is InChI=1S/C13H18N2O4/c1-18-9-3-4-10(12(7-9)19-2)11-8-14-13(17)15(11)5-6-16/h3-4,7,11,16H,5-6,8H2,1-2H3,(H,14,17). The lowest BCUT2D eigenvalue weighted by molar-refractivity contribution is 0.178. The number of benzene rings is 1. The van der Waals surface area contributed by atoms with E-state index in [1.54, 1.807) is 25.2 Å². The van der Waals surface area contributed by atoms with E-state index in [-0.39, 0.29) is 18.7 Å². The minimum absolute atomic E-state index is 0.0671. The molecule has 1 fully saturated rings. The SMILES string of the molecule is COc1ccc(C2CNC(=O)N2CCO)c(OC)c1. The molecule has 0 saturated carbocycles. The molecule has 0 spiro atoms. The quantitative estimate of drug-likeness (QED) is 0.825. The van der Waals surface area contributed by atoms with E-state index in [9.17, 15) is 4.79 Å². The second-order valence-corrected chi connectivity index (χ2v) is 4.23. The summed E-state index contributed by atoms with van der Waals surface area (Å²) in [5.41, 5.74) is 0.898. The Bertz CT molecular complexity index is 464. The van der Waals surface area contributed by atoms with Gasteiger partial charge in [-0.3, -0.25) is 0 Å². The number of carbonyl (C=O) groups excluding carboxylic acids is 1. The normalized spacial score (nSPS) is 18.4. The summed E-state index contributed by atoms with van der Waals surface area (Å²) in [5, 5.41) is 11.8. The fourth-order valence-electron chi connectivity index (χ4n) is 2.27. The molecular weight excluding hydrogens is 248 g/mol. The molecule has 19 heavy (non-hydrogen) atoms. The highest BCUT2D eigenvalue weighted by Crippen LogP contribution is 2.34. The zero-order chi connectivity index (χ0) is 13.8. The van der Waals surface area contributed by atoms with Gasteiger partial charge in [0.2, 0.25) is 0 Å². The first-order valence-electron chi connectivity index (χ1n) is 6.08. The summed E-state index contributed by atoms with van der Waals surface area (Å²) in [6.45, 7) is 0.732. The Balaban J connectivity index is 2.32. The van der Waals surface area contributed by atoms with Crippen LogP contribution in [0.4, 0.5) is 4.79 Å². The van der Waals surface area contributed by atoms with Crippen LogP contribution in [0.3, 0.4) is 0 Å². The van der Waals surface area contributed by atoms with Crippen LogP contribution in [0.5, 0.6) is 11.5 Å². The molecule has 1 aliphatic heterocycles. The van der Waals surface area contributed by atoms with E-state index < -0.39 is 0 Å². The van der Waals surface area contributed by atoms with Crippen LogP contribution >= 0.6 is 0 Å². The summed E-state index contributed by atoms with van der Waals surface area (Å²) in [6.07, 6.45) is 0. The molecule has 1 aliphatic rings. The number of methoxy groups -OCH3 is 2. The number of amides is 2. The number of urea groups is 1. The fourth-order valence-corrected chi connectivity index (χ4v) is 2.27.